The van der Waals surface area contributed by atoms with Crippen molar-refractivity contribution in [3.05, 3.63) is 10.3 Å². The molecule has 1 unspecified atom stereocenters. The van der Waals surface area contributed by atoms with Crippen LogP contribution in [0.1, 0.15) is 47.2 Å². The van der Waals surface area contributed by atoms with E-state index in [0.29, 0.717) is 24.3 Å². The zero-order valence-corrected chi connectivity index (χ0v) is 19.7. The van der Waals surface area contributed by atoms with Crippen molar-refractivity contribution in [2.45, 2.75) is 84.4 Å². The van der Waals surface area contributed by atoms with Crippen molar-refractivity contribution in [2.24, 2.45) is 0 Å². The van der Waals surface area contributed by atoms with Gasteiger partial charge in [0.15, 0.2) is 12.9 Å². The van der Waals surface area contributed by atoms with Crippen molar-refractivity contribution in [3.8, 4) is 0 Å². The van der Waals surface area contributed by atoms with Gasteiger partial charge in [-0.2, -0.15) is 0 Å². The number of ether oxygens (including phenoxy) is 1. The van der Waals surface area contributed by atoms with Gasteiger partial charge in [0.25, 0.3) is 0 Å². The zero-order valence-electron chi connectivity index (χ0n) is 17.1. The summed E-state index contributed by atoms with van der Waals surface area (Å²) in [7, 11) is -1.92. The fraction of sp³-hybridized carbons (Fsp3) is 0.824. The first kappa shape index (κ1) is 21.4. The first-order chi connectivity index (χ1) is 11.7. The Morgan fingerprint density at radius 2 is 1.88 bits per heavy atom. The van der Waals surface area contributed by atoms with Crippen LogP contribution in [-0.2, 0) is 22.3 Å². The lowest BCUT2D eigenvalue weighted by Crippen LogP contribution is -2.52. The van der Waals surface area contributed by atoms with Gasteiger partial charge in [0.2, 0.25) is 0 Å². The highest BCUT2D eigenvalue weighted by Gasteiger charge is 2.40. The van der Waals surface area contributed by atoms with Gasteiger partial charge in [-0.1, -0.05) is 26.0 Å². The molecule has 0 aromatic carbocycles. The van der Waals surface area contributed by atoms with Gasteiger partial charge < -0.3 is 9.16 Å². The molecular weight excluding hydrogens is 416 g/mol. The molecule has 1 aliphatic rings. The maximum absolute atomic E-state index is 12.8. The molecule has 7 nitrogen and oxygen atoms in total. The molecule has 2 rings (SSSR count). The molecule has 148 valence electrons. The Bertz CT molecular complexity index is 664. The molecule has 0 N–H and O–H groups in total. The summed E-state index contributed by atoms with van der Waals surface area (Å²) in [5.41, 5.74) is 0.328. The SMILES string of the molecule is CC(C)(C)OC(=O)N1Cc2c(Br)nnn2CC1CO[Si](C)(C)C(C)(C)C. The summed E-state index contributed by atoms with van der Waals surface area (Å²) in [6, 6.07) is -0.139. The fourth-order valence-electron chi connectivity index (χ4n) is 2.39. The maximum Gasteiger partial charge on any atom is 0.411 e. The van der Waals surface area contributed by atoms with Gasteiger partial charge in [0.1, 0.15) is 5.60 Å². The number of amides is 1. The van der Waals surface area contributed by atoms with Crippen LogP contribution in [0.25, 0.3) is 0 Å². The first-order valence-electron chi connectivity index (χ1n) is 8.93. The van der Waals surface area contributed by atoms with Gasteiger partial charge in [-0.05, 0) is 54.8 Å². The number of carbonyl (C=O) groups is 1. The Morgan fingerprint density at radius 1 is 1.27 bits per heavy atom. The van der Waals surface area contributed by atoms with Crippen LogP contribution >= 0.6 is 15.9 Å². The Kier molecular flexibility index (Phi) is 5.95. The van der Waals surface area contributed by atoms with Crippen LogP contribution in [0.15, 0.2) is 4.60 Å². The number of carbonyl (C=O) groups excluding carboxylic acids is 1. The van der Waals surface area contributed by atoms with Crippen molar-refractivity contribution in [2.75, 3.05) is 6.61 Å². The van der Waals surface area contributed by atoms with Crippen molar-refractivity contribution in [1.82, 2.24) is 19.9 Å². The van der Waals surface area contributed by atoms with Crippen LogP contribution in [0.3, 0.4) is 0 Å². The number of halogens is 1. The molecule has 0 spiro atoms. The van der Waals surface area contributed by atoms with Crippen molar-refractivity contribution in [1.29, 1.82) is 0 Å². The molecule has 1 aromatic heterocycles. The summed E-state index contributed by atoms with van der Waals surface area (Å²) in [4.78, 5) is 14.5. The van der Waals surface area contributed by atoms with E-state index < -0.39 is 13.9 Å². The van der Waals surface area contributed by atoms with Gasteiger partial charge in [-0.3, -0.25) is 4.90 Å². The summed E-state index contributed by atoms with van der Waals surface area (Å²) in [5, 5.41) is 8.34. The molecule has 1 atom stereocenters. The van der Waals surface area contributed by atoms with E-state index >= 15 is 0 Å². The predicted molar refractivity (Wildman–Crippen MR) is 106 cm³/mol. The molecule has 2 heterocycles. The van der Waals surface area contributed by atoms with Crippen molar-refractivity contribution in [3.63, 3.8) is 0 Å². The number of hydrogen-bond donors (Lipinski definition) is 0. The van der Waals surface area contributed by atoms with Crippen molar-refractivity contribution < 1.29 is 14.0 Å². The number of fused-ring (bicyclic) bond motifs is 1. The van der Waals surface area contributed by atoms with E-state index in [-0.39, 0.29) is 17.2 Å². The van der Waals surface area contributed by atoms with Gasteiger partial charge in [0.05, 0.1) is 31.4 Å². The van der Waals surface area contributed by atoms with E-state index in [0.717, 1.165) is 5.69 Å². The minimum absolute atomic E-state index is 0.111. The Balaban J connectivity index is 2.21. The first-order valence-corrected chi connectivity index (χ1v) is 12.6. The lowest BCUT2D eigenvalue weighted by atomic mass is 10.2. The molecule has 1 amide bonds. The van der Waals surface area contributed by atoms with Crippen LogP contribution in [0.5, 0.6) is 0 Å². The third-order valence-electron chi connectivity index (χ3n) is 5.01. The average Bonchev–Trinajstić information content (AvgIpc) is 2.82. The monoisotopic (exact) mass is 446 g/mol. The van der Waals surface area contributed by atoms with Gasteiger partial charge in [0, 0.05) is 0 Å². The van der Waals surface area contributed by atoms with Crippen LogP contribution in [0.4, 0.5) is 4.79 Å². The number of aromatic nitrogens is 3. The van der Waals surface area contributed by atoms with Crippen LogP contribution in [-0.4, -0.2) is 52.6 Å². The third kappa shape index (κ3) is 4.86. The van der Waals surface area contributed by atoms with E-state index in [1.165, 1.54) is 0 Å². The Morgan fingerprint density at radius 3 is 2.42 bits per heavy atom. The van der Waals surface area contributed by atoms with E-state index in [1.54, 1.807) is 4.90 Å². The highest BCUT2D eigenvalue weighted by Crippen LogP contribution is 2.37. The molecular formula is C17H31BrN4O3Si. The summed E-state index contributed by atoms with van der Waals surface area (Å²) in [6.45, 7) is 18.1. The molecule has 1 aliphatic heterocycles. The Labute approximate surface area is 165 Å². The van der Waals surface area contributed by atoms with Gasteiger partial charge >= 0.3 is 6.09 Å². The fourth-order valence-corrected chi connectivity index (χ4v) is 3.83. The number of nitrogens with zero attached hydrogens (tertiary/aromatic N) is 4. The largest absolute Gasteiger partial charge is 0.444 e. The quantitative estimate of drug-likeness (QED) is 0.651. The van der Waals surface area contributed by atoms with Gasteiger partial charge in [-0.25, -0.2) is 9.48 Å². The molecule has 0 radical (unpaired) electrons. The van der Waals surface area contributed by atoms with Crippen molar-refractivity contribution >= 4 is 30.3 Å². The minimum atomic E-state index is -1.92. The summed E-state index contributed by atoms with van der Waals surface area (Å²) < 4.78 is 14.5. The molecule has 26 heavy (non-hydrogen) atoms. The normalized spacial score (nSPS) is 18.7. The van der Waals surface area contributed by atoms with E-state index in [1.807, 2.05) is 25.5 Å². The van der Waals surface area contributed by atoms with E-state index in [4.69, 9.17) is 9.16 Å². The Hall–Kier alpha value is -0.933. The molecule has 0 fully saturated rings. The third-order valence-corrected chi connectivity index (χ3v) is 10.1. The number of hydrogen-bond acceptors (Lipinski definition) is 5. The smallest absolute Gasteiger partial charge is 0.411 e. The zero-order chi connectivity index (χ0) is 19.9. The average molecular weight is 447 g/mol. The molecule has 0 aliphatic carbocycles. The standard InChI is InChI=1S/C17H31BrN4O3Si/c1-16(2,3)25-15(23)21-10-13-14(18)19-20-22(13)9-12(21)11-24-26(7,8)17(4,5)6/h12H,9-11H2,1-8H3. The summed E-state index contributed by atoms with van der Waals surface area (Å²) in [5.74, 6) is 0. The number of rotatable bonds is 3. The topological polar surface area (TPSA) is 69.5 Å². The lowest BCUT2D eigenvalue weighted by Gasteiger charge is -2.41. The summed E-state index contributed by atoms with van der Waals surface area (Å²) >= 11 is 3.41. The van der Waals surface area contributed by atoms with Gasteiger partial charge in [-0.15, -0.1) is 5.10 Å². The molecule has 0 saturated carbocycles. The minimum Gasteiger partial charge on any atom is -0.444 e. The molecule has 0 bridgehead atoms. The van der Waals surface area contributed by atoms with E-state index in [9.17, 15) is 4.79 Å². The predicted octanol–water partition coefficient (Wildman–Crippen LogP) is 4.18. The second kappa shape index (κ2) is 7.24. The summed E-state index contributed by atoms with van der Waals surface area (Å²) in [6.07, 6.45) is -0.333. The van der Waals surface area contributed by atoms with E-state index in [2.05, 4.69) is 60.1 Å². The highest BCUT2D eigenvalue weighted by molar-refractivity contribution is 9.10. The van der Waals surface area contributed by atoms with Crippen LogP contribution in [0, 0.1) is 0 Å². The second-order valence-corrected chi connectivity index (χ2v) is 14.9. The lowest BCUT2D eigenvalue weighted by molar-refractivity contribution is -0.00110. The highest BCUT2D eigenvalue weighted by atomic mass is 79.9. The second-order valence-electron chi connectivity index (χ2n) is 9.34. The molecule has 1 aromatic rings. The van der Waals surface area contributed by atoms with Crippen LogP contribution < -0.4 is 0 Å². The van der Waals surface area contributed by atoms with Crippen LogP contribution in [0.2, 0.25) is 18.1 Å². The maximum atomic E-state index is 12.8. The molecule has 9 heteroatoms. The molecule has 0 saturated heterocycles.